The first-order chi connectivity index (χ1) is 7.38. The van der Waals surface area contributed by atoms with E-state index in [9.17, 15) is 0 Å². The lowest BCUT2D eigenvalue weighted by molar-refractivity contribution is 0.486. The summed E-state index contributed by atoms with van der Waals surface area (Å²) in [5.41, 5.74) is 1.43. The van der Waals surface area contributed by atoms with E-state index in [1.807, 2.05) is 0 Å². The van der Waals surface area contributed by atoms with E-state index >= 15 is 0 Å². The van der Waals surface area contributed by atoms with Crippen molar-refractivity contribution in [2.45, 2.75) is 45.6 Å². The van der Waals surface area contributed by atoms with Crippen LogP contribution in [0.1, 0.15) is 51.1 Å². The van der Waals surface area contributed by atoms with Gasteiger partial charge in [0.1, 0.15) is 0 Å². The van der Waals surface area contributed by atoms with Crippen molar-refractivity contribution in [3.8, 4) is 0 Å². The summed E-state index contributed by atoms with van der Waals surface area (Å²) < 4.78 is 0. The largest absolute Gasteiger partial charge is 0.310 e. The smallest absolute Gasteiger partial charge is 0.0320 e. The minimum absolute atomic E-state index is 0.544. The van der Waals surface area contributed by atoms with Crippen LogP contribution in [0.15, 0.2) is 30.3 Å². The van der Waals surface area contributed by atoms with Gasteiger partial charge in [-0.25, -0.2) is 0 Å². The van der Waals surface area contributed by atoms with E-state index in [0.717, 1.165) is 6.54 Å². The number of rotatable bonds is 7. The van der Waals surface area contributed by atoms with E-state index in [1.165, 1.54) is 31.2 Å². The number of hydrogen-bond donors (Lipinski definition) is 1. The summed E-state index contributed by atoms with van der Waals surface area (Å²) in [4.78, 5) is 0. The molecule has 0 aliphatic rings. The maximum Gasteiger partial charge on any atom is 0.0320 e. The molecule has 0 heterocycles. The van der Waals surface area contributed by atoms with E-state index in [4.69, 9.17) is 0 Å². The Kier molecular flexibility index (Phi) is 6.10. The minimum Gasteiger partial charge on any atom is -0.310 e. The van der Waals surface area contributed by atoms with Crippen LogP contribution in [0, 0.1) is 0 Å². The highest BCUT2D eigenvalue weighted by Gasteiger charge is 2.08. The minimum atomic E-state index is 0.544. The molecule has 0 saturated heterocycles. The lowest BCUT2D eigenvalue weighted by atomic mass is 10.0. The molecule has 0 saturated carbocycles. The van der Waals surface area contributed by atoms with Crippen LogP contribution in [0.2, 0.25) is 0 Å². The molecule has 0 aromatic heterocycles. The third-order valence-corrected chi connectivity index (χ3v) is 2.75. The Bertz CT molecular complexity index is 243. The molecule has 1 atom stereocenters. The molecule has 0 bridgehead atoms. The molecule has 0 spiro atoms. The molecular formula is C14H23N. The van der Waals surface area contributed by atoms with E-state index in [-0.39, 0.29) is 0 Å². The van der Waals surface area contributed by atoms with E-state index in [2.05, 4.69) is 49.5 Å². The van der Waals surface area contributed by atoms with Gasteiger partial charge < -0.3 is 5.32 Å². The third kappa shape index (κ3) is 4.48. The second-order valence-corrected chi connectivity index (χ2v) is 4.02. The quantitative estimate of drug-likeness (QED) is 0.665. The van der Waals surface area contributed by atoms with Crippen molar-refractivity contribution in [1.29, 1.82) is 0 Å². The maximum absolute atomic E-state index is 3.56. The Morgan fingerprint density at radius 2 is 1.80 bits per heavy atom. The van der Waals surface area contributed by atoms with Gasteiger partial charge in [-0.15, -0.1) is 0 Å². The molecule has 1 aromatic carbocycles. The van der Waals surface area contributed by atoms with Crippen LogP contribution in [0.5, 0.6) is 0 Å². The fourth-order valence-corrected chi connectivity index (χ4v) is 1.92. The third-order valence-electron chi connectivity index (χ3n) is 2.75. The summed E-state index contributed by atoms with van der Waals surface area (Å²) in [6.07, 6.45) is 5.22. The second-order valence-electron chi connectivity index (χ2n) is 4.02. The Labute approximate surface area is 93.9 Å². The topological polar surface area (TPSA) is 12.0 Å². The molecule has 0 fully saturated rings. The van der Waals surface area contributed by atoms with Gasteiger partial charge in [-0.2, -0.15) is 0 Å². The Morgan fingerprint density at radius 1 is 1.07 bits per heavy atom. The van der Waals surface area contributed by atoms with Gasteiger partial charge in [0.15, 0.2) is 0 Å². The highest BCUT2D eigenvalue weighted by atomic mass is 14.9. The van der Waals surface area contributed by atoms with Gasteiger partial charge in [-0.1, -0.05) is 63.4 Å². The van der Waals surface area contributed by atoms with Crippen molar-refractivity contribution in [1.82, 2.24) is 5.32 Å². The molecule has 1 nitrogen and oxygen atoms in total. The number of unbranched alkanes of at least 4 members (excludes halogenated alkanes) is 2. The second kappa shape index (κ2) is 7.47. The Hall–Kier alpha value is -0.820. The van der Waals surface area contributed by atoms with Gasteiger partial charge in [0.25, 0.3) is 0 Å². The first-order valence-corrected chi connectivity index (χ1v) is 6.16. The standard InChI is InChI=1S/C14H23N/c1-3-5-7-12-14(15-4-2)13-10-8-6-9-11-13/h6,8-11,14-15H,3-5,7,12H2,1-2H3. The highest BCUT2D eigenvalue weighted by Crippen LogP contribution is 2.19. The monoisotopic (exact) mass is 205 g/mol. The molecule has 0 radical (unpaired) electrons. The SMILES string of the molecule is CCCCCC(NCC)c1ccccc1. The molecule has 1 N–H and O–H groups in total. The van der Waals surface area contributed by atoms with Crippen molar-refractivity contribution in [2.75, 3.05) is 6.54 Å². The lowest BCUT2D eigenvalue weighted by Crippen LogP contribution is -2.20. The van der Waals surface area contributed by atoms with Crippen molar-refractivity contribution in [2.24, 2.45) is 0 Å². The summed E-state index contributed by atoms with van der Waals surface area (Å²) in [5.74, 6) is 0. The van der Waals surface area contributed by atoms with E-state index in [0.29, 0.717) is 6.04 Å². The van der Waals surface area contributed by atoms with Crippen LogP contribution in [0.4, 0.5) is 0 Å². The summed E-state index contributed by atoms with van der Waals surface area (Å²) in [5, 5.41) is 3.56. The fourth-order valence-electron chi connectivity index (χ4n) is 1.92. The zero-order chi connectivity index (χ0) is 10.9. The predicted octanol–water partition coefficient (Wildman–Crippen LogP) is 3.92. The molecule has 0 aliphatic carbocycles. The molecule has 15 heavy (non-hydrogen) atoms. The fraction of sp³-hybridized carbons (Fsp3) is 0.571. The lowest BCUT2D eigenvalue weighted by Gasteiger charge is -2.18. The van der Waals surface area contributed by atoms with Gasteiger partial charge in [0, 0.05) is 6.04 Å². The zero-order valence-electron chi connectivity index (χ0n) is 10.00. The van der Waals surface area contributed by atoms with Crippen molar-refractivity contribution in [3.63, 3.8) is 0 Å². The highest BCUT2D eigenvalue weighted by molar-refractivity contribution is 5.18. The first kappa shape index (κ1) is 12.3. The number of hydrogen-bond acceptors (Lipinski definition) is 1. The van der Waals surface area contributed by atoms with Crippen LogP contribution in [-0.4, -0.2) is 6.54 Å². The first-order valence-electron chi connectivity index (χ1n) is 6.16. The normalized spacial score (nSPS) is 12.7. The van der Waals surface area contributed by atoms with Gasteiger partial charge in [-0.05, 0) is 18.5 Å². The Balaban J connectivity index is 2.50. The molecule has 1 aromatic rings. The van der Waals surface area contributed by atoms with Crippen LogP contribution in [0.25, 0.3) is 0 Å². The molecule has 0 amide bonds. The van der Waals surface area contributed by atoms with E-state index < -0.39 is 0 Å². The summed E-state index contributed by atoms with van der Waals surface area (Å²) in [6, 6.07) is 11.3. The summed E-state index contributed by atoms with van der Waals surface area (Å²) in [7, 11) is 0. The molecule has 1 unspecified atom stereocenters. The van der Waals surface area contributed by atoms with E-state index in [1.54, 1.807) is 0 Å². The van der Waals surface area contributed by atoms with Gasteiger partial charge in [-0.3, -0.25) is 0 Å². The average Bonchev–Trinajstić information content (AvgIpc) is 2.29. The summed E-state index contributed by atoms with van der Waals surface area (Å²) >= 11 is 0. The number of benzene rings is 1. The molecule has 0 aliphatic heterocycles. The maximum atomic E-state index is 3.56. The molecule has 1 rings (SSSR count). The van der Waals surface area contributed by atoms with Crippen molar-refractivity contribution < 1.29 is 0 Å². The van der Waals surface area contributed by atoms with Gasteiger partial charge >= 0.3 is 0 Å². The van der Waals surface area contributed by atoms with Gasteiger partial charge in [0.2, 0.25) is 0 Å². The average molecular weight is 205 g/mol. The molecule has 84 valence electrons. The Morgan fingerprint density at radius 3 is 2.40 bits per heavy atom. The number of nitrogens with one attached hydrogen (secondary N) is 1. The molecular weight excluding hydrogens is 182 g/mol. The van der Waals surface area contributed by atoms with Crippen LogP contribution in [0.3, 0.4) is 0 Å². The zero-order valence-corrected chi connectivity index (χ0v) is 10.00. The van der Waals surface area contributed by atoms with Crippen molar-refractivity contribution >= 4 is 0 Å². The molecule has 1 heteroatoms. The van der Waals surface area contributed by atoms with Crippen molar-refractivity contribution in [3.05, 3.63) is 35.9 Å². The van der Waals surface area contributed by atoms with Crippen LogP contribution < -0.4 is 5.32 Å². The predicted molar refractivity (Wildman–Crippen MR) is 67.0 cm³/mol. The van der Waals surface area contributed by atoms with Crippen LogP contribution >= 0.6 is 0 Å². The summed E-state index contributed by atoms with van der Waals surface area (Å²) in [6.45, 7) is 5.48. The van der Waals surface area contributed by atoms with Gasteiger partial charge in [0.05, 0.1) is 0 Å². The van der Waals surface area contributed by atoms with Crippen LogP contribution in [-0.2, 0) is 0 Å².